The average Bonchev–Trinajstić information content (AvgIpc) is 2.16. The minimum Gasteiger partial charge on any atom is -0.481 e. The molecule has 0 spiro atoms. The molecule has 0 aromatic heterocycles. The standard InChI is InChI=1S/C10H15F3O3/c11-10(12,13)6-5-9(8(15)16)3-1-7(14)2-4-9/h7,14H,1-6H2,(H,15,16). The largest absolute Gasteiger partial charge is 0.481 e. The second-order valence-electron chi connectivity index (χ2n) is 4.43. The van der Waals surface area contributed by atoms with Crippen molar-refractivity contribution in [3.05, 3.63) is 0 Å². The Bertz CT molecular complexity index is 255. The summed E-state index contributed by atoms with van der Waals surface area (Å²) in [7, 11) is 0. The van der Waals surface area contributed by atoms with Crippen LogP contribution < -0.4 is 0 Å². The molecule has 2 N–H and O–H groups in total. The van der Waals surface area contributed by atoms with Crippen molar-refractivity contribution in [2.75, 3.05) is 0 Å². The zero-order chi connectivity index (χ0) is 12.4. The van der Waals surface area contributed by atoms with Crippen molar-refractivity contribution in [3.63, 3.8) is 0 Å². The summed E-state index contributed by atoms with van der Waals surface area (Å²) >= 11 is 0. The monoisotopic (exact) mass is 240 g/mol. The first-order chi connectivity index (χ1) is 7.25. The summed E-state index contributed by atoms with van der Waals surface area (Å²) in [5.74, 6) is -1.18. The predicted octanol–water partition coefficient (Wildman–Crippen LogP) is 2.33. The molecule has 0 atom stereocenters. The second kappa shape index (κ2) is 4.61. The van der Waals surface area contributed by atoms with E-state index >= 15 is 0 Å². The van der Waals surface area contributed by atoms with Gasteiger partial charge in [0.25, 0.3) is 0 Å². The maximum absolute atomic E-state index is 12.1. The normalized spacial score (nSPS) is 31.4. The summed E-state index contributed by atoms with van der Waals surface area (Å²) in [4.78, 5) is 11.1. The van der Waals surface area contributed by atoms with Crippen LogP contribution in [-0.4, -0.2) is 28.5 Å². The quantitative estimate of drug-likeness (QED) is 0.796. The number of halogens is 3. The van der Waals surface area contributed by atoms with Crippen LogP contribution in [0.5, 0.6) is 0 Å². The molecule has 94 valence electrons. The molecule has 3 nitrogen and oxygen atoms in total. The molecule has 1 aliphatic carbocycles. The van der Waals surface area contributed by atoms with Crippen LogP contribution in [0.1, 0.15) is 38.5 Å². The maximum atomic E-state index is 12.1. The molecule has 0 aliphatic heterocycles. The van der Waals surface area contributed by atoms with Crippen LogP contribution in [0.3, 0.4) is 0 Å². The first-order valence-corrected chi connectivity index (χ1v) is 5.23. The van der Waals surface area contributed by atoms with E-state index in [1.54, 1.807) is 0 Å². The third kappa shape index (κ3) is 3.37. The van der Waals surface area contributed by atoms with E-state index < -0.39 is 36.5 Å². The number of aliphatic hydroxyl groups excluding tert-OH is 1. The van der Waals surface area contributed by atoms with Crippen LogP contribution in [0.15, 0.2) is 0 Å². The molecule has 0 heterocycles. The Morgan fingerprint density at radius 3 is 2.19 bits per heavy atom. The van der Waals surface area contributed by atoms with Gasteiger partial charge in [0.05, 0.1) is 11.5 Å². The van der Waals surface area contributed by atoms with E-state index in [1.165, 1.54) is 0 Å². The number of carbonyl (C=O) groups is 1. The van der Waals surface area contributed by atoms with E-state index in [1.807, 2.05) is 0 Å². The van der Waals surface area contributed by atoms with Crippen molar-refractivity contribution in [2.24, 2.45) is 5.41 Å². The Labute approximate surface area is 91.3 Å². The molecule has 0 bridgehead atoms. The lowest BCUT2D eigenvalue weighted by molar-refractivity contribution is -0.162. The van der Waals surface area contributed by atoms with Gasteiger partial charge in [0.2, 0.25) is 0 Å². The van der Waals surface area contributed by atoms with Crippen molar-refractivity contribution in [2.45, 2.75) is 50.8 Å². The number of aliphatic carboxylic acids is 1. The summed E-state index contributed by atoms with van der Waals surface area (Å²) in [5.41, 5.74) is -1.30. The Morgan fingerprint density at radius 1 is 1.31 bits per heavy atom. The van der Waals surface area contributed by atoms with Crippen LogP contribution in [-0.2, 0) is 4.79 Å². The Kier molecular flexibility index (Phi) is 3.83. The third-order valence-corrected chi connectivity index (χ3v) is 3.25. The molecule has 0 aromatic carbocycles. The van der Waals surface area contributed by atoms with Crippen LogP contribution in [0.2, 0.25) is 0 Å². The van der Waals surface area contributed by atoms with Crippen LogP contribution in [0, 0.1) is 5.41 Å². The number of carboxylic acid groups (broad SMARTS) is 1. The maximum Gasteiger partial charge on any atom is 0.389 e. The molecular weight excluding hydrogens is 225 g/mol. The van der Waals surface area contributed by atoms with Crippen LogP contribution >= 0.6 is 0 Å². The zero-order valence-electron chi connectivity index (χ0n) is 8.76. The minimum atomic E-state index is -4.32. The van der Waals surface area contributed by atoms with Crippen molar-refractivity contribution in [1.82, 2.24) is 0 Å². The lowest BCUT2D eigenvalue weighted by Crippen LogP contribution is -2.37. The Hall–Kier alpha value is -0.780. The molecule has 0 unspecified atom stereocenters. The summed E-state index contributed by atoms with van der Waals surface area (Å²) < 4.78 is 36.2. The van der Waals surface area contributed by atoms with Crippen molar-refractivity contribution < 1.29 is 28.2 Å². The summed E-state index contributed by atoms with van der Waals surface area (Å²) in [6.07, 6.45) is -5.57. The smallest absolute Gasteiger partial charge is 0.389 e. The first-order valence-electron chi connectivity index (χ1n) is 5.23. The average molecular weight is 240 g/mol. The highest BCUT2D eigenvalue weighted by atomic mass is 19.4. The number of carboxylic acids is 1. The highest BCUT2D eigenvalue weighted by Gasteiger charge is 2.44. The molecule has 1 fully saturated rings. The van der Waals surface area contributed by atoms with Gasteiger partial charge in [-0.15, -0.1) is 0 Å². The highest BCUT2D eigenvalue weighted by Crippen LogP contribution is 2.42. The van der Waals surface area contributed by atoms with Crippen molar-refractivity contribution in [1.29, 1.82) is 0 Å². The minimum absolute atomic E-state index is 0.125. The van der Waals surface area contributed by atoms with Gasteiger partial charge in [-0.3, -0.25) is 4.79 Å². The lowest BCUT2D eigenvalue weighted by atomic mass is 9.70. The molecule has 16 heavy (non-hydrogen) atoms. The Morgan fingerprint density at radius 2 is 1.81 bits per heavy atom. The van der Waals surface area contributed by atoms with Gasteiger partial charge in [-0.05, 0) is 32.1 Å². The highest BCUT2D eigenvalue weighted by molar-refractivity contribution is 5.74. The van der Waals surface area contributed by atoms with Gasteiger partial charge in [0.1, 0.15) is 0 Å². The molecule has 0 saturated heterocycles. The molecular formula is C10H15F3O3. The fraction of sp³-hybridized carbons (Fsp3) is 0.900. The fourth-order valence-corrected chi connectivity index (χ4v) is 2.11. The zero-order valence-corrected chi connectivity index (χ0v) is 8.76. The van der Waals surface area contributed by atoms with Crippen LogP contribution in [0.4, 0.5) is 13.2 Å². The number of alkyl halides is 3. The molecule has 1 aliphatic rings. The van der Waals surface area contributed by atoms with Gasteiger partial charge in [0, 0.05) is 6.42 Å². The second-order valence-corrected chi connectivity index (χ2v) is 4.43. The van der Waals surface area contributed by atoms with Crippen molar-refractivity contribution in [3.8, 4) is 0 Å². The van der Waals surface area contributed by atoms with Gasteiger partial charge in [0.15, 0.2) is 0 Å². The first kappa shape index (κ1) is 13.3. The SMILES string of the molecule is O=C(O)C1(CCC(F)(F)F)CCC(O)CC1. The number of hydrogen-bond donors (Lipinski definition) is 2. The van der Waals surface area contributed by atoms with E-state index in [2.05, 4.69) is 0 Å². The van der Waals surface area contributed by atoms with Crippen LogP contribution in [0.25, 0.3) is 0 Å². The van der Waals surface area contributed by atoms with E-state index in [0.717, 1.165) is 0 Å². The summed E-state index contributed by atoms with van der Waals surface area (Å²) in [5, 5.41) is 18.3. The number of rotatable bonds is 3. The van der Waals surface area contributed by atoms with Gasteiger partial charge in [-0.1, -0.05) is 0 Å². The summed E-state index contributed by atoms with van der Waals surface area (Å²) in [6.45, 7) is 0. The molecule has 1 saturated carbocycles. The van der Waals surface area contributed by atoms with Gasteiger partial charge >= 0.3 is 12.1 Å². The Balaban J connectivity index is 2.64. The predicted molar refractivity (Wildman–Crippen MR) is 49.8 cm³/mol. The molecule has 0 radical (unpaired) electrons. The van der Waals surface area contributed by atoms with Gasteiger partial charge in [-0.25, -0.2) is 0 Å². The van der Waals surface area contributed by atoms with Gasteiger partial charge < -0.3 is 10.2 Å². The topological polar surface area (TPSA) is 57.5 Å². The molecule has 6 heteroatoms. The fourth-order valence-electron chi connectivity index (χ4n) is 2.11. The third-order valence-electron chi connectivity index (χ3n) is 3.25. The van der Waals surface area contributed by atoms with Gasteiger partial charge in [-0.2, -0.15) is 13.2 Å². The lowest BCUT2D eigenvalue weighted by Gasteiger charge is -2.35. The van der Waals surface area contributed by atoms with E-state index in [4.69, 9.17) is 5.11 Å². The van der Waals surface area contributed by atoms with E-state index in [0.29, 0.717) is 0 Å². The van der Waals surface area contributed by atoms with E-state index in [-0.39, 0.29) is 25.7 Å². The summed E-state index contributed by atoms with van der Waals surface area (Å²) in [6, 6.07) is 0. The number of aliphatic hydroxyl groups is 1. The number of hydrogen-bond acceptors (Lipinski definition) is 2. The molecule has 1 rings (SSSR count). The van der Waals surface area contributed by atoms with E-state index in [9.17, 15) is 23.1 Å². The molecule has 0 amide bonds. The van der Waals surface area contributed by atoms with Crippen molar-refractivity contribution >= 4 is 5.97 Å². The molecule has 0 aromatic rings.